The summed E-state index contributed by atoms with van der Waals surface area (Å²) in [7, 11) is 1.41. The Kier molecular flexibility index (Phi) is 3.84. The highest BCUT2D eigenvalue weighted by Gasteiger charge is 2.54. The number of carbonyl (C=O) groups is 2. The number of methoxy groups -OCH3 is 1. The average molecular weight is 242 g/mol. The van der Waals surface area contributed by atoms with Crippen LogP contribution in [0.2, 0.25) is 0 Å². The Morgan fingerprint density at radius 3 is 2.41 bits per heavy atom. The maximum Gasteiger partial charge on any atom is 0.309 e. The van der Waals surface area contributed by atoms with Gasteiger partial charge in [0.2, 0.25) is 0 Å². The van der Waals surface area contributed by atoms with E-state index in [1.165, 1.54) is 7.11 Å². The number of carboxylic acid groups (broad SMARTS) is 1. The second kappa shape index (κ2) is 4.67. The Morgan fingerprint density at radius 1 is 1.35 bits per heavy atom. The van der Waals surface area contributed by atoms with Crippen LogP contribution in [0.15, 0.2) is 0 Å². The minimum absolute atomic E-state index is 0.107. The highest BCUT2D eigenvalue weighted by Crippen LogP contribution is 2.58. The standard InChI is InChI=1S/C13H22O4/c1-12(2)9(11(16)17-4)5-7-13(12,3)8-6-10(14)15/h9H,5-8H2,1-4H3,(H,14,15)/t9-,13-/m1/s1. The molecule has 0 bridgehead atoms. The van der Waals surface area contributed by atoms with Crippen molar-refractivity contribution in [1.82, 2.24) is 0 Å². The Hall–Kier alpha value is -1.06. The first-order valence-corrected chi connectivity index (χ1v) is 6.04. The van der Waals surface area contributed by atoms with Gasteiger partial charge in [-0.2, -0.15) is 0 Å². The van der Waals surface area contributed by atoms with Gasteiger partial charge in [0.15, 0.2) is 0 Å². The number of carbonyl (C=O) groups excluding carboxylic acids is 1. The molecule has 1 saturated carbocycles. The van der Waals surface area contributed by atoms with E-state index in [-0.39, 0.29) is 29.1 Å². The van der Waals surface area contributed by atoms with Crippen molar-refractivity contribution in [3.8, 4) is 0 Å². The third-order valence-corrected chi connectivity index (χ3v) is 4.79. The van der Waals surface area contributed by atoms with Gasteiger partial charge in [-0.3, -0.25) is 9.59 Å². The van der Waals surface area contributed by atoms with Crippen molar-refractivity contribution in [3.05, 3.63) is 0 Å². The van der Waals surface area contributed by atoms with Crippen LogP contribution in [0.4, 0.5) is 0 Å². The molecule has 0 unspecified atom stereocenters. The van der Waals surface area contributed by atoms with Crippen molar-refractivity contribution < 1.29 is 19.4 Å². The van der Waals surface area contributed by atoms with E-state index < -0.39 is 5.97 Å². The van der Waals surface area contributed by atoms with Crippen LogP contribution in [0.5, 0.6) is 0 Å². The van der Waals surface area contributed by atoms with Gasteiger partial charge in [-0.05, 0) is 30.1 Å². The van der Waals surface area contributed by atoms with Crippen LogP contribution >= 0.6 is 0 Å². The lowest BCUT2D eigenvalue weighted by Gasteiger charge is -2.40. The fourth-order valence-electron chi connectivity index (χ4n) is 2.95. The molecule has 17 heavy (non-hydrogen) atoms. The number of esters is 1. The van der Waals surface area contributed by atoms with E-state index in [2.05, 4.69) is 6.92 Å². The summed E-state index contributed by atoms with van der Waals surface area (Å²) in [6.45, 7) is 6.17. The summed E-state index contributed by atoms with van der Waals surface area (Å²) in [5.41, 5.74) is -0.320. The molecule has 0 amide bonds. The fourth-order valence-corrected chi connectivity index (χ4v) is 2.95. The van der Waals surface area contributed by atoms with E-state index >= 15 is 0 Å². The zero-order valence-electron chi connectivity index (χ0n) is 11.1. The minimum Gasteiger partial charge on any atom is -0.481 e. The molecular formula is C13H22O4. The Balaban J connectivity index is 2.83. The summed E-state index contributed by atoms with van der Waals surface area (Å²) in [5.74, 6) is -1.07. The summed E-state index contributed by atoms with van der Waals surface area (Å²) < 4.78 is 4.83. The summed E-state index contributed by atoms with van der Waals surface area (Å²) in [4.78, 5) is 22.4. The van der Waals surface area contributed by atoms with E-state index in [9.17, 15) is 9.59 Å². The lowest BCUT2D eigenvalue weighted by molar-refractivity contribution is -0.150. The lowest BCUT2D eigenvalue weighted by atomic mass is 9.64. The molecule has 0 saturated heterocycles. The van der Waals surface area contributed by atoms with E-state index in [1.807, 2.05) is 13.8 Å². The second-order valence-corrected chi connectivity index (χ2v) is 5.79. The quantitative estimate of drug-likeness (QED) is 0.769. The number of hydrogen-bond donors (Lipinski definition) is 1. The summed E-state index contributed by atoms with van der Waals surface area (Å²) in [6, 6.07) is 0. The molecule has 98 valence electrons. The van der Waals surface area contributed by atoms with Crippen LogP contribution in [0.25, 0.3) is 0 Å². The molecule has 0 aliphatic heterocycles. The molecule has 0 spiro atoms. The van der Waals surface area contributed by atoms with Crippen molar-refractivity contribution in [3.63, 3.8) is 0 Å². The van der Waals surface area contributed by atoms with E-state index in [0.717, 1.165) is 12.8 Å². The average Bonchev–Trinajstić information content (AvgIpc) is 2.47. The van der Waals surface area contributed by atoms with Crippen LogP contribution < -0.4 is 0 Å². The van der Waals surface area contributed by atoms with Gasteiger partial charge in [0.1, 0.15) is 0 Å². The molecule has 0 radical (unpaired) electrons. The molecule has 2 atom stereocenters. The zero-order chi connectivity index (χ0) is 13.3. The van der Waals surface area contributed by atoms with Crippen molar-refractivity contribution in [1.29, 1.82) is 0 Å². The number of ether oxygens (including phenoxy) is 1. The van der Waals surface area contributed by atoms with Crippen LogP contribution in [0, 0.1) is 16.7 Å². The predicted octanol–water partition coefficient (Wildman–Crippen LogP) is 2.47. The zero-order valence-corrected chi connectivity index (χ0v) is 11.1. The van der Waals surface area contributed by atoms with E-state index in [0.29, 0.717) is 6.42 Å². The van der Waals surface area contributed by atoms with Crippen molar-refractivity contribution >= 4 is 11.9 Å². The molecule has 0 aromatic heterocycles. The molecule has 0 aromatic rings. The fraction of sp³-hybridized carbons (Fsp3) is 0.846. The van der Waals surface area contributed by atoms with Gasteiger partial charge in [-0.15, -0.1) is 0 Å². The smallest absolute Gasteiger partial charge is 0.309 e. The lowest BCUT2D eigenvalue weighted by Crippen LogP contribution is -2.38. The van der Waals surface area contributed by atoms with Gasteiger partial charge >= 0.3 is 11.9 Å². The van der Waals surface area contributed by atoms with Crippen LogP contribution in [-0.4, -0.2) is 24.2 Å². The molecular weight excluding hydrogens is 220 g/mol. The monoisotopic (exact) mass is 242 g/mol. The number of carboxylic acids is 1. The van der Waals surface area contributed by atoms with Crippen molar-refractivity contribution in [2.24, 2.45) is 16.7 Å². The minimum atomic E-state index is -0.774. The Labute approximate surface area is 102 Å². The first-order valence-electron chi connectivity index (χ1n) is 6.04. The summed E-state index contributed by atoms with van der Waals surface area (Å²) in [6.07, 6.45) is 2.44. The van der Waals surface area contributed by atoms with Crippen LogP contribution in [0.3, 0.4) is 0 Å². The topological polar surface area (TPSA) is 63.6 Å². The van der Waals surface area contributed by atoms with Gasteiger partial charge in [-0.25, -0.2) is 0 Å². The van der Waals surface area contributed by atoms with Gasteiger partial charge in [-0.1, -0.05) is 20.8 Å². The SMILES string of the molecule is COC(=O)[C@H]1CC[C@](C)(CCC(=O)O)C1(C)C. The molecule has 0 aromatic carbocycles. The number of hydrogen-bond acceptors (Lipinski definition) is 3. The molecule has 1 N–H and O–H groups in total. The van der Waals surface area contributed by atoms with Gasteiger partial charge in [0, 0.05) is 6.42 Å². The van der Waals surface area contributed by atoms with Gasteiger partial charge < -0.3 is 9.84 Å². The highest BCUT2D eigenvalue weighted by atomic mass is 16.5. The molecule has 0 heterocycles. The van der Waals surface area contributed by atoms with E-state index in [4.69, 9.17) is 9.84 Å². The molecule has 1 rings (SSSR count). The Morgan fingerprint density at radius 2 is 1.94 bits per heavy atom. The molecule has 1 fully saturated rings. The summed E-state index contributed by atoms with van der Waals surface area (Å²) >= 11 is 0. The predicted molar refractivity (Wildman–Crippen MR) is 63.5 cm³/mol. The summed E-state index contributed by atoms with van der Waals surface area (Å²) in [5, 5.41) is 8.79. The third kappa shape index (κ3) is 2.45. The van der Waals surface area contributed by atoms with Crippen LogP contribution in [-0.2, 0) is 14.3 Å². The maximum absolute atomic E-state index is 11.7. The number of aliphatic carboxylic acids is 1. The maximum atomic E-state index is 11.7. The molecule has 4 heteroatoms. The largest absolute Gasteiger partial charge is 0.481 e. The first kappa shape index (κ1) is 14.0. The molecule has 1 aliphatic rings. The normalized spacial score (nSPS) is 31.2. The van der Waals surface area contributed by atoms with Crippen molar-refractivity contribution in [2.75, 3.05) is 7.11 Å². The molecule has 4 nitrogen and oxygen atoms in total. The highest BCUT2D eigenvalue weighted by molar-refractivity contribution is 5.74. The van der Waals surface area contributed by atoms with Gasteiger partial charge in [0.05, 0.1) is 13.0 Å². The van der Waals surface area contributed by atoms with Crippen LogP contribution in [0.1, 0.15) is 46.5 Å². The molecule has 1 aliphatic carbocycles. The third-order valence-electron chi connectivity index (χ3n) is 4.79. The van der Waals surface area contributed by atoms with Gasteiger partial charge in [0.25, 0.3) is 0 Å². The van der Waals surface area contributed by atoms with Crippen molar-refractivity contribution in [2.45, 2.75) is 46.5 Å². The number of rotatable bonds is 4. The second-order valence-electron chi connectivity index (χ2n) is 5.79. The first-order chi connectivity index (χ1) is 7.74. The Bertz CT molecular complexity index is 321. The van der Waals surface area contributed by atoms with E-state index in [1.54, 1.807) is 0 Å².